The van der Waals surface area contributed by atoms with Crippen LogP contribution in [0.15, 0.2) is 35.1 Å². The van der Waals surface area contributed by atoms with E-state index < -0.39 is 35.4 Å². The van der Waals surface area contributed by atoms with E-state index in [2.05, 4.69) is 6.58 Å². The second-order valence-corrected chi connectivity index (χ2v) is 8.31. The molecule has 0 aromatic rings. The number of hydrogen-bond donors (Lipinski definition) is 0. The summed E-state index contributed by atoms with van der Waals surface area (Å²) in [6.07, 6.45) is 2.51. The van der Waals surface area contributed by atoms with E-state index in [-0.39, 0.29) is 29.4 Å². The van der Waals surface area contributed by atoms with Gasteiger partial charge < -0.3 is 23.7 Å². The SMILES string of the molecule is C=C(C)C(=O)OC1CC(C)C2(OC)CCC(C)(/C=C3/OC(=O)C(COC(C)=O)=C31)O2. The van der Waals surface area contributed by atoms with Crippen LogP contribution in [0.3, 0.4) is 0 Å². The number of carbonyl (C=O) groups is 3. The Bertz CT molecular complexity index is 853. The Morgan fingerprint density at radius 2 is 2.00 bits per heavy atom. The molecule has 1 saturated heterocycles. The monoisotopic (exact) mass is 420 g/mol. The second kappa shape index (κ2) is 8.00. The zero-order valence-electron chi connectivity index (χ0n) is 18.0. The molecule has 0 aliphatic carbocycles. The van der Waals surface area contributed by atoms with Crippen molar-refractivity contribution >= 4 is 17.9 Å². The number of methoxy groups -OCH3 is 1. The summed E-state index contributed by atoms with van der Waals surface area (Å²) < 4.78 is 28.4. The number of esters is 3. The largest absolute Gasteiger partial charge is 0.461 e. The minimum absolute atomic E-state index is 0.149. The van der Waals surface area contributed by atoms with Gasteiger partial charge in [-0.25, -0.2) is 9.59 Å². The topological polar surface area (TPSA) is 97.4 Å². The second-order valence-electron chi connectivity index (χ2n) is 8.31. The van der Waals surface area contributed by atoms with Crippen molar-refractivity contribution in [1.82, 2.24) is 0 Å². The van der Waals surface area contributed by atoms with Gasteiger partial charge in [-0.2, -0.15) is 0 Å². The van der Waals surface area contributed by atoms with Crippen LogP contribution in [0.1, 0.15) is 47.0 Å². The molecule has 3 heterocycles. The van der Waals surface area contributed by atoms with Crippen molar-refractivity contribution in [3.05, 3.63) is 35.1 Å². The van der Waals surface area contributed by atoms with Gasteiger partial charge in [0.2, 0.25) is 0 Å². The molecule has 0 spiro atoms. The maximum atomic E-state index is 12.6. The fourth-order valence-corrected chi connectivity index (χ4v) is 4.19. The number of hydrogen-bond acceptors (Lipinski definition) is 8. The summed E-state index contributed by atoms with van der Waals surface area (Å²) in [5, 5.41) is 0. The van der Waals surface area contributed by atoms with Crippen molar-refractivity contribution in [2.75, 3.05) is 13.7 Å². The smallest absolute Gasteiger partial charge is 0.343 e. The van der Waals surface area contributed by atoms with Crippen LogP contribution in [-0.2, 0) is 38.1 Å². The average molecular weight is 420 g/mol. The van der Waals surface area contributed by atoms with Crippen molar-refractivity contribution in [3.8, 4) is 0 Å². The molecule has 3 rings (SSSR count). The molecular formula is C22H28O8. The molecule has 30 heavy (non-hydrogen) atoms. The maximum Gasteiger partial charge on any atom is 0.343 e. The minimum Gasteiger partial charge on any atom is -0.461 e. The van der Waals surface area contributed by atoms with Gasteiger partial charge in [0.1, 0.15) is 18.5 Å². The Labute approximate surface area is 175 Å². The van der Waals surface area contributed by atoms with Crippen molar-refractivity contribution in [2.45, 2.75) is 64.4 Å². The lowest BCUT2D eigenvalue weighted by molar-refractivity contribution is -0.255. The van der Waals surface area contributed by atoms with Gasteiger partial charge in [-0.05, 0) is 32.8 Å². The molecule has 0 aromatic carbocycles. The third-order valence-corrected chi connectivity index (χ3v) is 5.86. The fraction of sp³-hybridized carbons (Fsp3) is 0.591. The zero-order chi connectivity index (χ0) is 22.3. The lowest BCUT2D eigenvalue weighted by atomic mass is 9.85. The van der Waals surface area contributed by atoms with Crippen LogP contribution in [0.5, 0.6) is 0 Å². The molecule has 3 aliphatic rings. The standard InChI is InChI=1S/C22H28O8/c1-12(2)19(24)28-16-9-13(3)22(26-6)8-7-21(5,30-22)10-17-18(16)15(20(25)29-17)11-27-14(4)23/h10,13,16H,1,7-9,11H2,2-6H3/b17-10+. The molecule has 0 N–H and O–H groups in total. The van der Waals surface area contributed by atoms with Gasteiger partial charge in [0.05, 0.1) is 11.2 Å². The van der Waals surface area contributed by atoms with Crippen LogP contribution < -0.4 is 0 Å². The Hall–Kier alpha value is -2.45. The molecule has 2 bridgehead atoms. The van der Waals surface area contributed by atoms with Gasteiger partial charge in [-0.1, -0.05) is 13.5 Å². The van der Waals surface area contributed by atoms with Gasteiger partial charge in [-0.3, -0.25) is 4.79 Å². The maximum absolute atomic E-state index is 12.6. The Morgan fingerprint density at radius 1 is 1.30 bits per heavy atom. The number of rotatable bonds is 5. The lowest BCUT2D eigenvalue weighted by Crippen LogP contribution is -2.42. The molecule has 0 saturated carbocycles. The van der Waals surface area contributed by atoms with Crippen molar-refractivity contribution in [2.24, 2.45) is 5.92 Å². The molecular weight excluding hydrogens is 392 g/mol. The summed E-state index contributed by atoms with van der Waals surface area (Å²) in [5.74, 6) is -2.55. The lowest BCUT2D eigenvalue weighted by Gasteiger charge is -2.36. The van der Waals surface area contributed by atoms with E-state index in [0.29, 0.717) is 24.8 Å². The quantitative estimate of drug-likeness (QED) is 0.380. The average Bonchev–Trinajstić information content (AvgIpc) is 3.16. The first-order chi connectivity index (χ1) is 14.0. The summed E-state index contributed by atoms with van der Waals surface area (Å²) in [6.45, 7) is 10.0. The van der Waals surface area contributed by atoms with Gasteiger partial charge in [0, 0.05) is 37.5 Å². The van der Waals surface area contributed by atoms with E-state index in [9.17, 15) is 14.4 Å². The molecule has 0 aromatic heterocycles. The molecule has 4 unspecified atom stereocenters. The van der Waals surface area contributed by atoms with Crippen LogP contribution in [0, 0.1) is 5.92 Å². The van der Waals surface area contributed by atoms with E-state index in [1.54, 1.807) is 20.1 Å². The van der Waals surface area contributed by atoms with Crippen LogP contribution in [0.2, 0.25) is 0 Å². The zero-order valence-corrected chi connectivity index (χ0v) is 18.0. The van der Waals surface area contributed by atoms with Crippen molar-refractivity contribution in [1.29, 1.82) is 0 Å². The summed E-state index contributed by atoms with van der Waals surface area (Å²) in [4.78, 5) is 36.3. The first kappa shape index (κ1) is 22.2. The molecule has 4 atom stereocenters. The molecule has 3 aliphatic heterocycles. The Balaban J connectivity index is 2.13. The highest BCUT2D eigenvalue weighted by atomic mass is 16.7. The minimum atomic E-state index is -0.862. The van der Waals surface area contributed by atoms with Crippen LogP contribution in [0.4, 0.5) is 0 Å². The number of ether oxygens (including phenoxy) is 5. The van der Waals surface area contributed by atoms with Crippen molar-refractivity contribution in [3.63, 3.8) is 0 Å². The summed E-state index contributed by atoms with van der Waals surface area (Å²) >= 11 is 0. The highest BCUT2D eigenvalue weighted by Gasteiger charge is 2.53. The molecule has 0 radical (unpaired) electrons. The molecule has 164 valence electrons. The van der Waals surface area contributed by atoms with Gasteiger partial charge in [-0.15, -0.1) is 0 Å². The van der Waals surface area contributed by atoms with E-state index in [1.165, 1.54) is 6.92 Å². The highest BCUT2D eigenvalue weighted by Crippen LogP contribution is 2.49. The number of fused-ring (bicyclic) bond motifs is 3. The third kappa shape index (κ3) is 4.06. The Morgan fingerprint density at radius 3 is 2.60 bits per heavy atom. The predicted molar refractivity (Wildman–Crippen MR) is 105 cm³/mol. The molecule has 8 nitrogen and oxygen atoms in total. The first-order valence-corrected chi connectivity index (χ1v) is 9.94. The van der Waals surface area contributed by atoms with Crippen LogP contribution in [-0.4, -0.2) is 49.1 Å². The van der Waals surface area contributed by atoms with E-state index >= 15 is 0 Å². The van der Waals surface area contributed by atoms with Crippen molar-refractivity contribution < 1.29 is 38.1 Å². The van der Waals surface area contributed by atoms with Crippen LogP contribution in [0.25, 0.3) is 0 Å². The summed E-state index contributed by atoms with van der Waals surface area (Å²) in [5.41, 5.74) is 0.0314. The van der Waals surface area contributed by atoms with Crippen LogP contribution >= 0.6 is 0 Å². The van der Waals surface area contributed by atoms with Gasteiger partial charge in [0.25, 0.3) is 0 Å². The van der Waals surface area contributed by atoms with Gasteiger partial charge in [0.15, 0.2) is 5.79 Å². The fourth-order valence-electron chi connectivity index (χ4n) is 4.19. The third-order valence-electron chi connectivity index (χ3n) is 5.86. The highest BCUT2D eigenvalue weighted by molar-refractivity contribution is 5.96. The normalized spacial score (nSPS) is 34.7. The van der Waals surface area contributed by atoms with E-state index in [4.69, 9.17) is 23.7 Å². The first-order valence-electron chi connectivity index (χ1n) is 9.94. The van der Waals surface area contributed by atoms with E-state index in [1.807, 2.05) is 13.8 Å². The predicted octanol–water partition coefficient (Wildman–Crippen LogP) is 2.73. The number of carbonyl (C=O) groups excluding carboxylic acids is 3. The summed E-state index contributed by atoms with van der Waals surface area (Å²) in [7, 11) is 1.59. The molecule has 0 amide bonds. The summed E-state index contributed by atoms with van der Waals surface area (Å²) in [6, 6.07) is 0. The van der Waals surface area contributed by atoms with E-state index in [0.717, 1.165) is 0 Å². The van der Waals surface area contributed by atoms with Gasteiger partial charge >= 0.3 is 17.9 Å². The molecule has 1 fully saturated rings. The molecule has 8 heteroatoms. The Kier molecular flexibility index (Phi) is 5.93.